The number of ether oxygens (including phenoxy) is 1. The van der Waals surface area contributed by atoms with Crippen molar-refractivity contribution in [3.63, 3.8) is 0 Å². The van der Waals surface area contributed by atoms with Crippen molar-refractivity contribution in [2.24, 2.45) is 17.8 Å². The predicted molar refractivity (Wildman–Crippen MR) is 90.9 cm³/mol. The van der Waals surface area contributed by atoms with Crippen molar-refractivity contribution < 1.29 is 14.3 Å². The van der Waals surface area contributed by atoms with Crippen molar-refractivity contribution in [2.75, 3.05) is 13.1 Å². The van der Waals surface area contributed by atoms with Crippen LogP contribution in [0.3, 0.4) is 0 Å². The Labute approximate surface area is 140 Å². The van der Waals surface area contributed by atoms with Gasteiger partial charge in [-0.1, -0.05) is 27.2 Å². The van der Waals surface area contributed by atoms with E-state index in [0.29, 0.717) is 36.5 Å². The molecule has 0 aromatic carbocycles. The average molecular weight is 323 g/mol. The molecule has 0 N–H and O–H groups in total. The van der Waals surface area contributed by atoms with Crippen LogP contribution >= 0.6 is 0 Å². The number of hydrogen-bond acceptors (Lipinski definition) is 3. The minimum Gasteiger partial charge on any atom is -0.462 e. The molecule has 0 radical (unpaired) electrons. The molecule has 1 heterocycles. The van der Waals surface area contributed by atoms with Gasteiger partial charge in [0.1, 0.15) is 6.10 Å². The van der Waals surface area contributed by atoms with Crippen LogP contribution < -0.4 is 0 Å². The number of carbonyl (C=O) groups excluding carboxylic acids is 2. The van der Waals surface area contributed by atoms with Crippen molar-refractivity contribution in [3.8, 4) is 0 Å². The second kappa shape index (κ2) is 8.70. The summed E-state index contributed by atoms with van der Waals surface area (Å²) < 4.78 is 5.83. The van der Waals surface area contributed by atoms with Crippen LogP contribution in [0.25, 0.3) is 0 Å². The zero-order valence-electron chi connectivity index (χ0n) is 15.1. The molecule has 0 spiro atoms. The summed E-state index contributed by atoms with van der Waals surface area (Å²) >= 11 is 0. The predicted octanol–water partition coefficient (Wildman–Crippen LogP) is 3.78. The standard InChI is InChI=1S/C19H33NO3/c1-4-7-18(21)20-11-10-15(13-20)16-8-5-6-9-17(16)23-19(22)12-14(2)3/h14-17H,4-13H2,1-3H3. The van der Waals surface area contributed by atoms with Crippen LogP contribution in [0.2, 0.25) is 0 Å². The molecule has 1 aliphatic carbocycles. The van der Waals surface area contributed by atoms with Gasteiger partial charge in [-0.25, -0.2) is 0 Å². The zero-order chi connectivity index (χ0) is 16.8. The molecule has 1 amide bonds. The molecular formula is C19H33NO3. The number of carbonyl (C=O) groups is 2. The fourth-order valence-corrected chi connectivity index (χ4v) is 4.10. The minimum atomic E-state index is -0.0474. The number of amides is 1. The van der Waals surface area contributed by atoms with E-state index in [2.05, 4.69) is 6.92 Å². The fraction of sp³-hybridized carbons (Fsp3) is 0.895. The van der Waals surface area contributed by atoms with Crippen LogP contribution in [0.5, 0.6) is 0 Å². The summed E-state index contributed by atoms with van der Waals surface area (Å²) in [6, 6.07) is 0. The molecular weight excluding hydrogens is 290 g/mol. The molecule has 3 unspecified atom stereocenters. The van der Waals surface area contributed by atoms with Gasteiger partial charge in [0.2, 0.25) is 5.91 Å². The third kappa shape index (κ3) is 5.22. The summed E-state index contributed by atoms with van der Waals surface area (Å²) in [6.45, 7) is 7.90. The molecule has 1 saturated carbocycles. The first kappa shape index (κ1) is 18.3. The molecule has 2 aliphatic rings. The Morgan fingerprint density at radius 1 is 1.17 bits per heavy atom. The number of hydrogen-bond donors (Lipinski definition) is 0. The van der Waals surface area contributed by atoms with E-state index in [-0.39, 0.29) is 12.1 Å². The lowest BCUT2D eigenvalue weighted by atomic mass is 9.77. The van der Waals surface area contributed by atoms with Crippen molar-refractivity contribution in [3.05, 3.63) is 0 Å². The SMILES string of the molecule is CCCC(=O)N1CCC(C2CCCCC2OC(=O)CC(C)C)C1. The Bertz CT molecular complexity index is 407. The maximum Gasteiger partial charge on any atom is 0.306 e. The van der Waals surface area contributed by atoms with E-state index in [1.807, 2.05) is 18.7 Å². The summed E-state index contributed by atoms with van der Waals surface area (Å²) in [5, 5.41) is 0. The van der Waals surface area contributed by atoms with Gasteiger partial charge in [0.15, 0.2) is 0 Å². The van der Waals surface area contributed by atoms with Gasteiger partial charge in [0.25, 0.3) is 0 Å². The van der Waals surface area contributed by atoms with Crippen LogP contribution in [0, 0.1) is 17.8 Å². The van der Waals surface area contributed by atoms with E-state index in [9.17, 15) is 9.59 Å². The highest BCUT2D eigenvalue weighted by atomic mass is 16.5. The second-order valence-corrected chi connectivity index (χ2v) is 7.71. The monoisotopic (exact) mass is 323 g/mol. The largest absolute Gasteiger partial charge is 0.462 e. The van der Waals surface area contributed by atoms with Crippen LogP contribution in [-0.4, -0.2) is 36.0 Å². The first-order valence-corrected chi connectivity index (χ1v) is 9.48. The third-order valence-corrected chi connectivity index (χ3v) is 5.26. The topological polar surface area (TPSA) is 46.6 Å². The fourth-order valence-electron chi connectivity index (χ4n) is 4.10. The Hall–Kier alpha value is -1.06. The van der Waals surface area contributed by atoms with E-state index in [1.165, 1.54) is 6.42 Å². The van der Waals surface area contributed by atoms with Gasteiger partial charge in [0, 0.05) is 31.8 Å². The van der Waals surface area contributed by atoms with Crippen molar-refractivity contribution in [2.45, 2.75) is 78.2 Å². The number of nitrogens with zero attached hydrogens (tertiary/aromatic N) is 1. The van der Waals surface area contributed by atoms with Crippen molar-refractivity contribution >= 4 is 11.9 Å². The van der Waals surface area contributed by atoms with Gasteiger partial charge >= 0.3 is 5.97 Å². The van der Waals surface area contributed by atoms with Crippen LogP contribution in [0.1, 0.15) is 72.1 Å². The molecule has 0 aromatic heterocycles. The first-order chi connectivity index (χ1) is 11.0. The van der Waals surface area contributed by atoms with E-state index < -0.39 is 0 Å². The van der Waals surface area contributed by atoms with Gasteiger partial charge in [0.05, 0.1) is 0 Å². The molecule has 23 heavy (non-hydrogen) atoms. The highest BCUT2D eigenvalue weighted by Gasteiger charge is 2.38. The Morgan fingerprint density at radius 2 is 1.91 bits per heavy atom. The molecule has 0 bridgehead atoms. The number of rotatable bonds is 6. The molecule has 1 saturated heterocycles. The molecule has 2 rings (SSSR count). The molecule has 4 nitrogen and oxygen atoms in total. The van der Waals surface area contributed by atoms with Crippen molar-refractivity contribution in [1.29, 1.82) is 0 Å². The van der Waals surface area contributed by atoms with E-state index in [0.717, 1.165) is 45.2 Å². The normalized spacial score (nSPS) is 28.2. The second-order valence-electron chi connectivity index (χ2n) is 7.71. The lowest BCUT2D eigenvalue weighted by molar-refractivity contribution is -0.156. The van der Waals surface area contributed by atoms with Gasteiger partial charge in [-0.05, 0) is 43.9 Å². The highest BCUT2D eigenvalue weighted by Crippen LogP contribution is 2.37. The highest BCUT2D eigenvalue weighted by molar-refractivity contribution is 5.76. The van der Waals surface area contributed by atoms with Gasteiger partial charge in [-0.2, -0.15) is 0 Å². The molecule has 3 atom stereocenters. The first-order valence-electron chi connectivity index (χ1n) is 9.48. The number of esters is 1. The Kier molecular flexibility index (Phi) is 6.91. The number of likely N-dealkylation sites (tertiary alicyclic amines) is 1. The van der Waals surface area contributed by atoms with Gasteiger partial charge < -0.3 is 9.64 Å². The van der Waals surface area contributed by atoms with E-state index in [4.69, 9.17) is 4.74 Å². The zero-order valence-corrected chi connectivity index (χ0v) is 15.1. The smallest absolute Gasteiger partial charge is 0.306 e. The minimum absolute atomic E-state index is 0.0474. The maximum absolute atomic E-state index is 12.1. The van der Waals surface area contributed by atoms with Gasteiger partial charge in [-0.3, -0.25) is 9.59 Å². The summed E-state index contributed by atoms with van der Waals surface area (Å²) in [4.78, 5) is 26.2. The van der Waals surface area contributed by atoms with Crippen molar-refractivity contribution in [1.82, 2.24) is 4.90 Å². The molecule has 4 heteroatoms. The van der Waals surface area contributed by atoms with Gasteiger partial charge in [-0.15, -0.1) is 0 Å². The van der Waals surface area contributed by atoms with E-state index in [1.54, 1.807) is 0 Å². The molecule has 1 aliphatic heterocycles. The average Bonchev–Trinajstić information content (AvgIpc) is 2.97. The molecule has 132 valence electrons. The summed E-state index contributed by atoms with van der Waals surface area (Å²) in [6.07, 6.45) is 7.73. The molecule has 2 fully saturated rings. The van der Waals surface area contributed by atoms with Crippen LogP contribution in [-0.2, 0) is 14.3 Å². The third-order valence-electron chi connectivity index (χ3n) is 5.26. The summed E-state index contributed by atoms with van der Waals surface area (Å²) in [5.41, 5.74) is 0. The maximum atomic E-state index is 12.1. The lowest BCUT2D eigenvalue weighted by Gasteiger charge is -2.35. The van der Waals surface area contributed by atoms with Crippen LogP contribution in [0.15, 0.2) is 0 Å². The molecule has 0 aromatic rings. The Morgan fingerprint density at radius 3 is 2.61 bits per heavy atom. The summed E-state index contributed by atoms with van der Waals surface area (Å²) in [7, 11) is 0. The lowest BCUT2D eigenvalue weighted by Crippen LogP contribution is -2.37. The summed E-state index contributed by atoms with van der Waals surface area (Å²) in [5.74, 6) is 1.54. The quantitative estimate of drug-likeness (QED) is 0.699. The van der Waals surface area contributed by atoms with E-state index >= 15 is 0 Å². The Balaban J connectivity index is 1.91. The van der Waals surface area contributed by atoms with Crippen LogP contribution in [0.4, 0.5) is 0 Å².